The number of benzene rings is 1. The van der Waals surface area contributed by atoms with Gasteiger partial charge in [-0.2, -0.15) is 0 Å². The van der Waals surface area contributed by atoms with Gasteiger partial charge in [-0.15, -0.1) is 0 Å². The second-order valence-corrected chi connectivity index (χ2v) is 4.01. The molecule has 1 aromatic carbocycles. The Labute approximate surface area is 93.5 Å². The summed E-state index contributed by atoms with van der Waals surface area (Å²) in [7, 11) is 0. The molecule has 4 nitrogen and oxygen atoms in total. The summed E-state index contributed by atoms with van der Waals surface area (Å²) in [6.45, 7) is 1.49. The third kappa shape index (κ3) is 2.02. The smallest absolute Gasteiger partial charge is 0.344 e. The van der Waals surface area contributed by atoms with Crippen molar-refractivity contribution in [1.29, 1.82) is 0 Å². The molecule has 16 heavy (non-hydrogen) atoms. The molecule has 0 saturated heterocycles. The minimum absolute atomic E-state index is 0.388. The van der Waals surface area contributed by atoms with E-state index in [4.69, 9.17) is 9.84 Å². The topological polar surface area (TPSA) is 66.8 Å². The van der Waals surface area contributed by atoms with Crippen molar-refractivity contribution in [1.82, 2.24) is 0 Å². The Bertz CT molecular complexity index is 413. The molecular weight excluding hydrogens is 208 g/mol. The van der Waals surface area contributed by atoms with Gasteiger partial charge in [-0.25, -0.2) is 4.79 Å². The van der Waals surface area contributed by atoms with Crippen LogP contribution in [0.5, 0.6) is 5.75 Å². The number of hydrogen-bond acceptors (Lipinski definition) is 3. The number of aliphatic hydroxyl groups excluding tert-OH is 1. The van der Waals surface area contributed by atoms with Crippen molar-refractivity contribution in [3.63, 3.8) is 0 Å². The van der Waals surface area contributed by atoms with Gasteiger partial charge in [0.25, 0.3) is 0 Å². The van der Waals surface area contributed by atoms with Gasteiger partial charge in [-0.3, -0.25) is 0 Å². The Morgan fingerprint density at radius 1 is 1.56 bits per heavy atom. The first-order chi connectivity index (χ1) is 7.58. The van der Waals surface area contributed by atoms with Crippen LogP contribution in [0.1, 0.15) is 30.6 Å². The molecule has 1 aromatic rings. The summed E-state index contributed by atoms with van der Waals surface area (Å²) in [5.41, 5.74) is 1.97. The van der Waals surface area contributed by atoms with Crippen LogP contribution < -0.4 is 4.74 Å². The first-order valence-electron chi connectivity index (χ1n) is 5.28. The minimum Gasteiger partial charge on any atom is -0.479 e. The Hall–Kier alpha value is -1.55. The van der Waals surface area contributed by atoms with Gasteiger partial charge in [0.2, 0.25) is 0 Å². The van der Waals surface area contributed by atoms with Crippen LogP contribution in [0.4, 0.5) is 0 Å². The molecule has 2 atom stereocenters. The van der Waals surface area contributed by atoms with Crippen LogP contribution in [0, 0.1) is 0 Å². The van der Waals surface area contributed by atoms with Gasteiger partial charge in [0.1, 0.15) is 5.75 Å². The first kappa shape index (κ1) is 11.0. The molecule has 1 aliphatic carbocycles. The van der Waals surface area contributed by atoms with Gasteiger partial charge >= 0.3 is 5.97 Å². The van der Waals surface area contributed by atoms with E-state index in [1.807, 2.05) is 6.07 Å². The van der Waals surface area contributed by atoms with Crippen molar-refractivity contribution in [3.05, 3.63) is 29.3 Å². The van der Waals surface area contributed by atoms with E-state index in [0.29, 0.717) is 5.75 Å². The molecule has 4 heteroatoms. The van der Waals surface area contributed by atoms with Gasteiger partial charge in [-0.1, -0.05) is 6.07 Å². The summed E-state index contributed by atoms with van der Waals surface area (Å²) in [6, 6.07) is 5.31. The average Bonchev–Trinajstić information content (AvgIpc) is 2.60. The molecule has 86 valence electrons. The number of aliphatic carboxylic acids is 1. The number of aliphatic hydroxyl groups is 1. The van der Waals surface area contributed by atoms with Crippen LogP contribution in [0.25, 0.3) is 0 Å². The van der Waals surface area contributed by atoms with Gasteiger partial charge in [-0.05, 0) is 43.0 Å². The van der Waals surface area contributed by atoms with E-state index in [9.17, 15) is 9.90 Å². The summed E-state index contributed by atoms with van der Waals surface area (Å²) < 4.78 is 5.26. The lowest BCUT2D eigenvalue weighted by molar-refractivity contribution is -0.144. The summed E-state index contributed by atoms with van der Waals surface area (Å²) in [5, 5.41) is 18.3. The van der Waals surface area contributed by atoms with Crippen LogP contribution in [0.2, 0.25) is 0 Å². The molecular formula is C12H14O4. The molecule has 0 radical (unpaired) electrons. The average molecular weight is 222 g/mol. The van der Waals surface area contributed by atoms with Crippen LogP contribution in [-0.4, -0.2) is 22.3 Å². The number of carboxylic acids is 1. The molecule has 0 amide bonds. The molecule has 0 aromatic heterocycles. The number of carbonyl (C=O) groups is 1. The van der Waals surface area contributed by atoms with Crippen molar-refractivity contribution >= 4 is 5.97 Å². The van der Waals surface area contributed by atoms with Crippen molar-refractivity contribution < 1.29 is 19.7 Å². The van der Waals surface area contributed by atoms with Gasteiger partial charge in [0.05, 0.1) is 6.10 Å². The SMILES string of the molecule is CC(Oc1ccc2c(c1)CCC2O)C(=O)O. The van der Waals surface area contributed by atoms with Crippen molar-refractivity contribution in [2.24, 2.45) is 0 Å². The Morgan fingerprint density at radius 3 is 3.00 bits per heavy atom. The number of carboxylic acid groups (broad SMARTS) is 1. The zero-order chi connectivity index (χ0) is 11.7. The monoisotopic (exact) mass is 222 g/mol. The predicted octanol–water partition coefficient (Wildman–Crippen LogP) is 1.52. The zero-order valence-electron chi connectivity index (χ0n) is 9.01. The van der Waals surface area contributed by atoms with E-state index in [1.165, 1.54) is 6.92 Å². The molecule has 2 N–H and O–H groups in total. The molecule has 1 aliphatic rings. The minimum atomic E-state index is -0.986. The van der Waals surface area contributed by atoms with Crippen molar-refractivity contribution in [2.45, 2.75) is 32.0 Å². The quantitative estimate of drug-likeness (QED) is 0.813. The maximum Gasteiger partial charge on any atom is 0.344 e. The summed E-state index contributed by atoms with van der Waals surface area (Å²) in [4.78, 5) is 10.6. The molecule has 0 fully saturated rings. The first-order valence-corrected chi connectivity index (χ1v) is 5.28. The molecule has 0 heterocycles. The largest absolute Gasteiger partial charge is 0.479 e. The molecule has 2 rings (SSSR count). The number of ether oxygens (including phenoxy) is 1. The predicted molar refractivity (Wildman–Crippen MR) is 57.4 cm³/mol. The van der Waals surface area contributed by atoms with Crippen LogP contribution in [0.15, 0.2) is 18.2 Å². The third-order valence-electron chi connectivity index (χ3n) is 2.82. The van der Waals surface area contributed by atoms with Crippen molar-refractivity contribution in [2.75, 3.05) is 0 Å². The summed E-state index contributed by atoms with van der Waals surface area (Å²) >= 11 is 0. The standard InChI is InChI=1S/C12H14O4/c1-7(12(14)15)16-9-3-4-10-8(6-9)2-5-11(10)13/h3-4,6-7,11,13H,2,5H2,1H3,(H,14,15). The molecule has 0 bridgehead atoms. The van der Waals surface area contributed by atoms with E-state index in [2.05, 4.69) is 0 Å². The number of hydrogen-bond donors (Lipinski definition) is 2. The normalized spacial score (nSPS) is 20.2. The van der Waals surface area contributed by atoms with Crippen LogP contribution >= 0.6 is 0 Å². The zero-order valence-corrected chi connectivity index (χ0v) is 9.01. The lowest BCUT2D eigenvalue weighted by atomic mass is 10.1. The lowest BCUT2D eigenvalue weighted by Gasteiger charge is -2.11. The fourth-order valence-electron chi connectivity index (χ4n) is 1.90. The van der Waals surface area contributed by atoms with E-state index < -0.39 is 12.1 Å². The fourth-order valence-corrected chi connectivity index (χ4v) is 1.90. The van der Waals surface area contributed by atoms with E-state index in [-0.39, 0.29) is 6.10 Å². The highest BCUT2D eigenvalue weighted by Crippen LogP contribution is 2.33. The Balaban J connectivity index is 2.16. The van der Waals surface area contributed by atoms with Gasteiger partial charge in [0.15, 0.2) is 6.10 Å². The molecule has 0 aliphatic heterocycles. The molecule has 2 unspecified atom stereocenters. The van der Waals surface area contributed by atoms with E-state index >= 15 is 0 Å². The van der Waals surface area contributed by atoms with E-state index in [0.717, 1.165) is 24.0 Å². The summed E-state index contributed by atoms with van der Waals surface area (Å²) in [5.74, 6) is -0.441. The maximum absolute atomic E-state index is 10.6. The van der Waals surface area contributed by atoms with Crippen LogP contribution in [-0.2, 0) is 11.2 Å². The number of rotatable bonds is 3. The highest BCUT2D eigenvalue weighted by Gasteiger charge is 2.21. The number of aryl methyl sites for hydroxylation is 1. The highest BCUT2D eigenvalue weighted by atomic mass is 16.5. The maximum atomic E-state index is 10.6. The summed E-state index contributed by atoms with van der Waals surface area (Å²) in [6.07, 6.45) is 0.299. The fraction of sp³-hybridized carbons (Fsp3) is 0.417. The van der Waals surface area contributed by atoms with Crippen LogP contribution in [0.3, 0.4) is 0 Å². The van der Waals surface area contributed by atoms with Crippen molar-refractivity contribution in [3.8, 4) is 5.75 Å². The van der Waals surface area contributed by atoms with Gasteiger partial charge < -0.3 is 14.9 Å². The molecule has 0 spiro atoms. The van der Waals surface area contributed by atoms with Gasteiger partial charge in [0, 0.05) is 0 Å². The highest BCUT2D eigenvalue weighted by molar-refractivity contribution is 5.72. The van der Waals surface area contributed by atoms with E-state index in [1.54, 1.807) is 12.1 Å². The Kier molecular flexibility index (Phi) is 2.83. The lowest BCUT2D eigenvalue weighted by Crippen LogP contribution is -2.22. The second-order valence-electron chi connectivity index (χ2n) is 4.01. The molecule has 0 saturated carbocycles. The number of fused-ring (bicyclic) bond motifs is 1. The Morgan fingerprint density at radius 2 is 2.31 bits per heavy atom. The second kappa shape index (κ2) is 4.14. The third-order valence-corrected chi connectivity index (χ3v) is 2.82.